The van der Waals surface area contributed by atoms with Crippen LogP contribution in [-0.2, 0) is 15.8 Å². The summed E-state index contributed by atoms with van der Waals surface area (Å²) >= 11 is 0. The van der Waals surface area contributed by atoms with Gasteiger partial charge in [0.1, 0.15) is 0 Å². The molecule has 0 saturated carbocycles. The lowest BCUT2D eigenvalue weighted by Gasteiger charge is -2.06. The third-order valence-corrected chi connectivity index (χ3v) is 5.56. The number of fused-ring (bicyclic) bond motifs is 1. The van der Waals surface area contributed by atoms with E-state index in [2.05, 4.69) is 9.82 Å². The zero-order valence-electron chi connectivity index (χ0n) is 15.1. The third kappa shape index (κ3) is 3.94. The quantitative estimate of drug-likeness (QED) is 0.385. The van der Waals surface area contributed by atoms with Gasteiger partial charge < -0.3 is 0 Å². The molecule has 0 atom stereocenters. The zero-order valence-corrected chi connectivity index (χ0v) is 15.9. The van der Waals surface area contributed by atoms with Gasteiger partial charge in [0.15, 0.2) is 5.82 Å². The Hall–Kier alpha value is -3.72. The molecule has 0 amide bonds. The number of sulfonamides is 1. The average Bonchev–Trinajstić information content (AvgIpc) is 3.06. The van der Waals surface area contributed by atoms with Crippen LogP contribution in [0.4, 0.5) is 11.5 Å². The molecule has 0 spiro atoms. The molecule has 4 rings (SSSR count). The van der Waals surface area contributed by atoms with Crippen LogP contribution in [0.3, 0.4) is 0 Å². The molecule has 8 nitrogen and oxygen atoms in total. The third-order valence-electron chi connectivity index (χ3n) is 4.34. The second-order valence-electron chi connectivity index (χ2n) is 6.40. The van der Waals surface area contributed by atoms with Crippen LogP contribution in [0.15, 0.2) is 78.9 Å². The summed E-state index contributed by atoms with van der Waals surface area (Å²) in [5, 5.41) is 15.9. The van der Waals surface area contributed by atoms with Gasteiger partial charge in [-0.15, -0.1) is 5.10 Å². The van der Waals surface area contributed by atoms with Crippen molar-refractivity contribution in [2.45, 2.75) is 5.75 Å². The van der Waals surface area contributed by atoms with Gasteiger partial charge in [-0.25, -0.2) is 13.1 Å². The number of nitro groups is 1. The summed E-state index contributed by atoms with van der Waals surface area (Å²) in [6.45, 7) is 0. The number of benzene rings is 3. The first kappa shape index (κ1) is 18.6. The van der Waals surface area contributed by atoms with Crippen molar-refractivity contribution in [2.24, 2.45) is 0 Å². The summed E-state index contributed by atoms with van der Waals surface area (Å²) in [6, 6.07) is 21.9. The van der Waals surface area contributed by atoms with Crippen molar-refractivity contribution in [1.82, 2.24) is 9.78 Å². The molecule has 146 valence electrons. The second kappa shape index (κ2) is 7.36. The Morgan fingerprint density at radius 2 is 1.59 bits per heavy atom. The SMILES string of the molecule is O=[N+]([O-])c1ccc(-n2nc(NS(=O)(=O)Cc3ccccc3)c3ccccc32)cc1. The fourth-order valence-corrected chi connectivity index (χ4v) is 4.18. The van der Waals surface area contributed by atoms with Crippen molar-refractivity contribution >= 4 is 32.4 Å². The van der Waals surface area contributed by atoms with E-state index < -0.39 is 14.9 Å². The first-order valence-corrected chi connectivity index (χ1v) is 10.4. The van der Waals surface area contributed by atoms with E-state index in [1.54, 1.807) is 59.3 Å². The number of anilines is 1. The Morgan fingerprint density at radius 3 is 2.28 bits per heavy atom. The standard InChI is InChI=1S/C20H16N4O4S/c25-24(26)17-12-10-16(11-13-17)23-19-9-5-4-8-18(19)20(21-23)22-29(27,28)14-15-6-2-1-3-7-15/h1-13H,14H2,(H,21,22). The molecule has 0 aliphatic carbocycles. The molecular weight excluding hydrogens is 392 g/mol. The van der Waals surface area contributed by atoms with Crippen LogP contribution < -0.4 is 4.72 Å². The highest BCUT2D eigenvalue weighted by molar-refractivity contribution is 7.91. The number of non-ortho nitro benzene ring substituents is 1. The number of hydrogen-bond donors (Lipinski definition) is 1. The summed E-state index contributed by atoms with van der Waals surface area (Å²) < 4.78 is 29.4. The van der Waals surface area contributed by atoms with Crippen molar-refractivity contribution in [2.75, 3.05) is 4.72 Å². The summed E-state index contributed by atoms with van der Waals surface area (Å²) in [7, 11) is -3.68. The first-order valence-electron chi connectivity index (χ1n) is 8.70. The van der Waals surface area contributed by atoms with Crippen LogP contribution in [0.5, 0.6) is 0 Å². The van der Waals surface area contributed by atoms with Gasteiger partial charge in [-0.05, 0) is 29.8 Å². The number of rotatable bonds is 6. The van der Waals surface area contributed by atoms with E-state index in [1.165, 1.54) is 12.1 Å². The first-order chi connectivity index (χ1) is 13.9. The van der Waals surface area contributed by atoms with Gasteiger partial charge >= 0.3 is 0 Å². The maximum absolute atomic E-state index is 12.6. The molecule has 1 heterocycles. The lowest BCUT2D eigenvalue weighted by atomic mass is 10.2. The Kier molecular flexibility index (Phi) is 4.73. The van der Waals surface area contributed by atoms with Gasteiger partial charge in [0, 0.05) is 17.5 Å². The summed E-state index contributed by atoms with van der Waals surface area (Å²) in [4.78, 5) is 10.4. The predicted molar refractivity (Wildman–Crippen MR) is 110 cm³/mol. The van der Waals surface area contributed by atoms with Crippen molar-refractivity contribution in [3.05, 3.63) is 94.5 Å². The minimum atomic E-state index is -3.68. The number of nitro benzene ring substituents is 1. The van der Waals surface area contributed by atoms with E-state index in [4.69, 9.17) is 0 Å². The fraction of sp³-hybridized carbons (Fsp3) is 0.0500. The molecular formula is C20H16N4O4S. The smallest absolute Gasteiger partial charge is 0.265 e. The van der Waals surface area contributed by atoms with Crippen LogP contribution in [0.2, 0.25) is 0 Å². The maximum Gasteiger partial charge on any atom is 0.269 e. The normalized spacial score (nSPS) is 11.4. The topological polar surface area (TPSA) is 107 Å². The summed E-state index contributed by atoms with van der Waals surface area (Å²) in [5.74, 6) is 0.0295. The average molecular weight is 408 g/mol. The molecule has 29 heavy (non-hydrogen) atoms. The van der Waals surface area contributed by atoms with E-state index in [9.17, 15) is 18.5 Å². The van der Waals surface area contributed by atoms with E-state index in [1.807, 2.05) is 12.1 Å². The summed E-state index contributed by atoms with van der Waals surface area (Å²) in [6.07, 6.45) is 0. The van der Waals surface area contributed by atoms with E-state index in [-0.39, 0.29) is 17.3 Å². The molecule has 0 bridgehead atoms. The van der Waals surface area contributed by atoms with Crippen LogP contribution in [0.25, 0.3) is 16.6 Å². The van der Waals surface area contributed by atoms with Gasteiger partial charge in [-0.2, -0.15) is 0 Å². The van der Waals surface area contributed by atoms with Crippen LogP contribution in [0.1, 0.15) is 5.56 Å². The fourth-order valence-electron chi connectivity index (χ4n) is 3.03. The molecule has 0 radical (unpaired) electrons. The largest absolute Gasteiger partial charge is 0.269 e. The van der Waals surface area contributed by atoms with E-state index >= 15 is 0 Å². The number of nitrogens with zero attached hydrogens (tertiary/aromatic N) is 3. The highest BCUT2D eigenvalue weighted by Gasteiger charge is 2.18. The molecule has 9 heteroatoms. The Morgan fingerprint density at radius 1 is 0.931 bits per heavy atom. The highest BCUT2D eigenvalue weighted by atomic mass is 32.2. The summed E-state index contributed by atoms with van der Waals surface area (Å²) in [5.41, 5.74) is 1.90. The molecule has 1 aromatic heterocycles. The molecule has 0 fully saturated rings. The molecule has 4 aromatic rings. The number of para-hydroxylation sites is 1. The lowest BCUT2D eigenvalue weighted by Crippen LogP contribution is -2.15. The second-order valence-corrected chi connectivity index (χ2v) is 8.12. The van der Waals surface area contributed by atoms with Crippen LogP contribution in [0, 0.1) is 10.1 Å². The molecule has 0 aliphatic rings. The minimum Gasteiger partial charge on any atom is -0.265 e. The molecule has 0 unspecified atom stereocenters. The highest BCUT2D eigenvalue weighted by Crippen LogP contribution is 2.27. The van der Waals surface area contributed by atoms with Gasteiger partial charge in [-0.3, -0.25) is 14.8 Å². The Bertz CT molecular complexity index is 1280. The van der Waals surface area contributed by atoms with E-state index in [0.29, 0.717) is 22.2 Å². The lowest BCUT2D eigenvalue weighted by molar-refractivity contribution is -0.384. The molecule has 3 aromatic carbocycles. The number of aromatic nitrogens is 2. The molecule has 0 saturated heterocycles. The minimum absolute atomic E-state index is 0.0333. The molecule has 1 N–H and O–H groups in total. The monoisotopic (exact) mass is 408 g/mol. The van der Waals surface area contributed by atoms with Crippen molar-refractivity contribution in [3.63, 3.8) is 0 Å². The van der Waals surface area contributed by atoms with E-state index in [0.717, 1.165) is 0 Å². The van der Waals surface area contributed by atoms with Crippen molar-refractivity contribution < 1.29 is 13.3 Å². The van der Waals surface area contributed by atoms with Crippen molar-refractivity contribution in [3.8, 4) is 5.69 Å². The number of hydrogen-bond acceptors (Lipinski definition) is 5. The van der Waals surface area contributed by atoms with Gasteiger partial charge in [0.25, 0.3) is 5.69 Å². The molecule has 0 aliphatic heterocycles. The van der Waals surface area contributed by atoms with Gasteiger partial charge in [-0.1, -0.05) is 42.5 Å². The van der Waals surface area contributed by atoms with Gasteiger partial charge in [0.05, 0.1) is 21.9 Å². The maximum atomic E-state index is 12.6. The van der Waals surface area contributed by atoms with Crippen molar-refractivity contribution in [1.29, 1.82) is 0 Å². The zero-order chi connectivity index (χ0) is 20.4. The van der Waals surface area contributed by atoms with Gasteiger partial charge in [0.2, 0.25) is 10.0 Å². The van der Waals surface area contributed by atoms with Crippen LogP contribution >= 0.6 is 0 Å². The Labute approximate surface area is 166 Å². The predicted octanol–water partition coefficient (Wildman–Crippen LogP) is 3.88. The van der Waals surface area contributed by atoms with Crippen LogP contribution in [-0.4, -0.2) is 23.1 Å². The Balaban J connectivity index is 1.72. The number of nitrogens with one attached hydrogen (secondary N) is 1.